The monoisotopic (exact) mass is 427 g/mol. The molecule has 0 bridgehead atoms. The maximum atomic E-state index is 13.0. The van der Waals surface area contributed by atoms with Crippen LogP contribution in [0.2, 0.25) is 0 Å². The van der Waals surface area contributed by atoms with E-state index in [-0.39, 0.29) is 10.6 Å². The first-order chi connectivity index (χ1) is 14.5. The van der Waals surface area contributed by atoms with E-state index < -0.39 is 10.0 Å². The van der Waals surface area contributed by atoms with E-state index in [0.717, 1.165) is 25.2 Å². The number of rotatable bonds is 7. The molecule has 30 heavy (non-hydrogen) atoms. The summed E-state index contributed by atoms with van der Waals surface area (Å²) in [5.74, 6) is 0.799. The number of hydrogen-bond acceptors (Lipinski definition) is 6. The van der Waals surface area contributed by atoms with Crippen molar-refractivity contribution in [2.24, 2.45) is 0 Å². The maximum absolute atomic E-state index is 13.0. The Hall–Kier alpha value is -2.68. The Morgan fingerprint density at radius 3 is 2.70 bits per heavy atom. The third-order valence-electron chi connectivity index (χ3n) is 5.30. The van der Waals surface area contributed by atoms with Gasteiger partial charge in [0.05, 0.1) is 12.8 Å². The van der Waals surface area contributed by atoms with Gasteiger partial charge in [-0.2, -0.15) is 0 Å². The number of sulfonamides is 1. The van der Waals surface area contributed by atoms with Crippen LogP contribution < -0.4 is 9.46 Å². The number of nitrogens with one attached hydrogen (secondary N) is 1. The summed E-state index contributed by atoms with van der Waals surface area (Å²) < 4.78 is 39.2. The molecule has 0 aliphatic carbocycles. The molecule has 1 aliphatic heterocycles. The molecule has 0 amide bonds. The van der Waals surface area contributed by atoms with E-state index in [9.17, 15) is 8.42 Å². The molecule has 7 nitrogen and oxygen atoms in total. The van der Waals surface area contributed by atoms with E-state index in [1.807, 2.05) is 13.0 Å². The first kappa shape index (κ1) is 20.6. The number of aromatic nitrogens is 1. The lowest BCUT2D eigenvalue weighted by Gasteiger charge is -2.28. The van der Waals surface area contributed by atoms with Gasteiger partial charge in [0, 0.05) is 37.8 Å². The van der Waals surface area contributed by atoms with Crippen LogP contribution in [0.5, 0.6) is 5.75 Å². The molecule has 0 atom stereocenters. The van der Waals surface area contributed by atoms with Crippen LogP contribution in [0.4, 0.5) is 0 Å². The Labute approximate surface area is 176 Å². The molecule has 158 valence electrons. The Kier molecular flexibility index (Phi) is 5.90. The standard InChI is InChI=1S/C22H25N3O4S/c1-16-13-21(29-24-16)18-7-8-20(28-2)22(14-18)30(26,27)23-10-12-25-11-9-17-5-3-4-6-19(17)15-25/h3-8,13-14,23H,9-12,15H2,1-2H3. The van der Waals surface area contributed by atoms with Gasteiger partial charge >= 0.3 is 0 Å². The first-order valence-corrected chi connectivity index (χ1v) is 11.3. The van der Waals surface area contributed by atoms with Gasteiger partial charge in [0.1, 0.15) is 10.6 Å². The van der Waals surface area contributed by atoms with E-state index in [2.05, 4.69) is 33.0 Å². The number of ether oxygens (including phenoxy) is 1. The molecule has 1 aromatic heterocycles. The van der Waals surface area contributed by atoms with Gasteiger partial charge in [0.15, 0.2) is 5.76 Å². The molecule has 0 unspecified atom stereocenters. The molecule has 0 radical (unpaired) electrons. The number of methoxy groups -OCH3 is 1. The van der Waals surface area contributed by atoms with E-state index in [1.54, 1.807) is 24.3 Å². The van der Waals surface area contributed by atoms with Crippen molar-refractivity contribution in [2.75, 3.05) is 26.7 Å². The second kappa shape index (κ2) is 8.59. The SMILES string of the molecule is COc1ccc(-c2cc(C)no2)cc1S(=O)(=O)NCCN1CCc2ccccc2C1. The molecule has 1 aliphatic rings. The quantitative estimate of drug-likeness (QED) is 0.624. The summed E-state index contributed by atoms with van der Waals surface area (Å²) in [6.45, 7) is 4.52. The molecule has 0 spiro atoms. The van der Waals surface area contributed by atoms with Crippen LogP contribution in [0.3, 0.4) is 0 Å². The number of hydrogen-bond donors (Lipinski definition) is 1. The second-order valence-corrected chi connectivity index (χ2v) is 9.13. The third-order valence-corrected chi connectivity index (χ3v) is 6.78. The first-order valence-electron chi connectivity index (χ1n) is 9.87. The highest BCUT2D eigenvalue weighted by Crippen LogP contribution is 2.30. The largest absolute Gasteiger partial charge is 0.495 e. The fraction of sp³-hybridized carbons (Fsp3) is 0.318. The van der Waals surface area contributed by atoms with Gasteiger partial charge in [-0.25, -0.2) is 13.1 Å². The highest BCUT2D eigenvalue weighted by atomic mass is 32.2. The van der Waals surface area contributed by atoms with Crippen molar-refractivity contribution in [3.63, 3.8) is 0 Å². The summed E-state index contributed by atoms with van der Waals surface area (Å²) in [5.41, 5.74) is 4.04. The molecule has 0 fully saturated rings. The van der Waals surface area contributed by atoms with Crippen LogP contribution in [-0.4, -0.2) is 45.2 Å². The Morgan fingerprint density at radius 2 is 1.97 bits per heavy atom. The van der Waals surface area contributed by atoms with Gasteiger partial charge in [0.2, 0.25) is 10.0 Å². The minimum absolute atomic E-state index is 0.0838. The van der Waals surface area contributed by atoms with Crippen molar-refractivity contribution in [1.82, 2.24) is 14.8 Å². The van der Waals surface area contributed by atoms with Crippen LogP contribution in [0.25, 0.3) is 11.3 Å². The normalized spacial score (nSPS) is 14.5. The molecule has 0 saturated carbocycles. The highest BCUT2D eigenvalue weighted by molar-refractivity contribution is 7.89. The summed E-state index contributed by atoms with van der Waals surface area (Å²) in [6.07, 6.45) is 0.982. The summed E-state index contributed by atoms with van der Waals surface area (Å²) in [6, 6.07) is 15.1. The van der Waals surface area contributed by atoms with Gasteiger partial charge in [-0.15, -0.1) is 0 Å². The predicted octanol–water partition coefficient (Wildman–Crippen LogP) is 3.00. The van der Waals surface area contributed by atoms with E-state index >= 15 is 0 Å². The fourth-order valence-corrected chi connectivity index (χ4v) is 4.91. The molecular formula is C22H25N3O4S. The summed E-state index contributed by atoms with van der Waals surface area (Å²) in [4.78, 5) is 2.34. The van der Waals surface area contributed by atoms with Crippen molar-refractivity contribution >= 4 is 10.0 Å². The van der Waals surface area contributed by atoms with Crippen LogP contribution in [0.1, 0.15) is 16.8 Å². The zero-order valence-corrected chi connectivity index (χ0v) is 17.9. The Bertz CT molecular complexity index is 1140. The minimum atomic E-state index is -3.75. The van der Waals surface area contributed by atoms with E-state index in [0.29, 0.717) is 24.4 Å². The van der Waals surface area contributed by atoms with Crippen molar-refractivity contribution < 1.29 is 17.7 Å². The third kappa shape index (κ3) is 4.40. The summed E-state index contributed by atoms with van der Waals surface area (Å²) in [5, 5.41) is 3.87. The molecular weight excluding hydrogens is 402 g/mol. The van der Waals surface area contributed by atoms with Gasteiger partial charge < -0.3 is 9.26 Å². The highest BCUT2D eigenvalue weighted by Gasteiger charge is 2.22. The molecule has 2 aromatic carbocycles. The summed E-state index contributed by atoms with van der Waals surface area (Å²) >= 11 is 0. The molecule has 2 heterocycles. The second-order valence-electron chi connectivity index (χ2n) is 7.39. The number of aryl methyl sites for hydroxylation is 1. The number of benzene rings is 2. The van der Waals surface area contributed by atoms with Gasteiger partial charge in [-0.1, -0.05) is 29.4 Å². The zero-order chi connectivity index (χ0) is 21.1. The smallest absolute Gasteiger partial charge is 0.244 e. The summed E-state index contributed by atoms with van der Waals surface area (Å²) in [7, 11) is -2.30. The predicted molar refractivity (Wildman–Crippen MR) is 114 cm³/mol. The van der Waals surface area contributed by atoms with Gasteiger partial charge in [0.25, 0.3) is 0 Å². The lowest BCUT2D eigenvalue weighted by atomic mass is 10.0. The van der Waals surface area contributed by atoms with Crippen molar-refractivity contribution in [3.8, 4) is 17.1 Å². The zero-order valence-electron chi connectivity index (χ0n) is 17.1. The van der Waals surface area contributed by atoms with Crippen molar-refractivity contribution in [3.05, 3.63) is 65.4 Å². The van der Waals surface area contributed by atoms with E-state index in [4.69, 9.17) is 9.26 Å². The number of fused-ring (bicyclic) bond motifs is 1. The molecule has 3 aromatic rings. The average Bonchev–Trinajstić information content (AvgIpc) is 3.19. The van der Waals surface area contributed by atoms with Gasteiger partial charge in [-0.05, 0) is 42.7 Å². The van der Waals surface area contributed by atoms with Crippen molar-refractivity contribution in [2.45, 2.75) is 24.8 Å². The van der Waals surface area contributed by atoms with Crippen LogP contribution in [0, 0.1) is 6.92 Å². The maximum Gasteiger partial charge on any atom is 0.244 e. The van der Waals surface area contributed by atoms with Crippen LogP contribution in [0.15, 0.2) is 57.9 Å². The van der Waals surface area contributed by atoms with Crippen LogP contribution in [-0.2, 0) is 23.0 Å². The lowest BCUT2D eigenvalue weighted by Crippen LogP contribution is -2.37. The number of nitrogens with zero attached hydrogens (tertiary/aromatic N) is 2. The molecule has 4 rings (SSSR count). The minimum Gasteiger partial charge on any atom is -0.495 e. The molecule has 8 heteroatoms. The van der Waals surface area contributed by atoms with Crippen molar-refractivity contribution in [1.29, 1.82) is 0 Å². The average molecular weight is 428 g/mol. The van der Waals surface area contributed by atoms with E-state index in [1.165, 1.54) is 18.2 Å². The Morgan fingerprint density at radius 1 is 1.17 bits per heavy atom. The lowest BCUT2D eigenvalue weighted by molar-refractivity contribution is 0.258. The van der Waals surface area contributed by atoms with Gasteiger partial charge in [-0.3, -0.25) is 4.90 Å². The Balaban J connectivity index is 1.45. The molecule has 0 saturated heterocycles. The van der Waals surface area contributed by atoms with Crippen LogP contribution >= 0.6 is 0 Å². The fourth-order valence-electron chi connectivity index (χ4n) is 3.70. The topological polar surface area (TPSA) is 84.7 Å². The molecule has 1 N–H and O–H groups in total.